The average Bonchev–Trinajstić information content (AvgIpc) is 1.91. The Labute approximate surface area is 59.8 Å². The average molecular weight is 137 g/mol. The Kier molecular flexibility index (Phi) is 2.33. The molecule has 1 rings (SSSR count). The Morgan fingerprint density at radius 2 is 2.33 bits per heavy atom. The third-order valence-electron chi connectivity index (χ3n) is 0.933. The highest BCUT2D eigenvalue weighted by molar-refractivity contribution is 7.83. The van der Waals surface area contributed by atoms with Gasteiger partial charge in [-0.25, -0.2) is 0 Å². The minimum atomic E-state index is 0.938. The number of thiol groups is 1. The molecular weight excluding hydrogens is 130 g/mol. The lowest BCUT2D eigenvalue weighted by molar-refractivity contribution is 1.30. The maximum atomic E-state index is 4.03. The molecule has 0 radical (unpaired) electrons. The van der Waals surface area contributed by atoms with Crippen LogP contribution in [0.15, 0.2) is 29.8 Å². The van der Waals surface area contributed by atoms with Gasteiger partial charge >= 0.3 is 0 Å². The van der Waals surface area contributed by atoms with E-state index in [2.05, 4.69) is 17.6 Å². The third kappa shape index (κ3) is 1.90. The number of rotatable bonds is 1. The molecule has 9 heavy (non-hydrogen) atoms. The van der Waals surface area contributed by atoms with Crippen molar-refractivity contribution in [3.63, 3.8) is 0 Å². The SMILES string of the molecule is S/C=C\c1ccccn1. The van der Waals surface area contributed by atoms with Gasteiger partial charge in [0.1, 0.15) is 0 Å². The first-order valence-electron chi connectivity index (χ1n) is 2.65. The summed E-state index contributed by atoms with van der Waals surface area (Å²) >= 11 is 3.91. The van der Waals surface area contributed by atoms with Crippen LogP contribution in [0.2, 0.25) is 0 Å². The summed E-state index contributed by atoms with van der Waals surface area (Å²) in [7, 11) is 0. The van der Waals surface area contributed by atoms with Crippen LogP contribution in [-0.4, -0.2) is 4.98 Å². The van der Waals surface area contributed by atoms with Crippen LogP contribution in [0.1, 0.15) is 5.69 Å². The Hall–Kier alpha value is -0.760. The van der Waals surface area contributed by atoms with Crippen LogP contribution in [0.3, 0.4) is 0 Å². The van der Waals surface area contributed by atoms with Gasteiger partial charge < -0.3 is 0 Å². The first-order valence-corrected chi connectivity index (χ1v) is 3.17. The summed E-state index contributed by atoms with van der Waals surface area (Å²) < 4.78 is 0. The minimum Gasteiger partial charge on any atom is -0.257 e. The largest absolute Gasteiger partial charge is 0.257 e. The Morgan fingerprint density at radius 1 is 1.44 bits per heavy atom. The van der Waals surface area contributed by atoms with Crippen molar-refractivity contribution in [3.05, 3.63) is 35.5 Å². The van der Waals surface area contributed by atoms with Crippen molar-refractivity contribution in [2.24, 2.45) is 0 Å². The molecule has 0 saturated heterocycles. The highest BCUT2D eigenvalue weighted by Gasteiger charge is 1.79. The number of nitrogens with zero attached hydrogens (tertiary/aromatic N) is 1. The summed E-state index contributed by atoms with van der Waals surface area (Å²) in [6, 6.07) is 5.75. The van der Waals surface area contributed by atoms with E-state index in [0.29, 0.717) is 0 Å². The van der Waals surface area contributed by atoms with Gasteiger partial charge in [-0.3, -0.25) is 4.98 Å². The van der Waals surface area contributed by atoms with Crippen LogP contribution in [0.25, 0.3) is 6.08 Å². The van der Waals surface area contributed by atoms with E-state index in [0.717, 1.165) is 5.69 Å². The van der Waals surface area contributed by atoms with Gasteiger partial charge in [0.05, 0.1) is 5.69 Å². The summed E-state index contributed by atoms with van der Waals surface area (Å²) in [4.78, 5) is 4.03. The molecule has 0 aliphatic heterocycles. The van der Waals surface area contributed by atoms with E-state index in [9.17, 15) is 0 Å². The predicted octanol–water partition coefficient (Wildman–Crippen LogP) is 1.98. The van der Waals surface area contributed by atoms with E-state index in [-0.39, 0.29) is 0 Å². The molecule has 1 nitrogen and oxygen atoms in total. The molecule has 2 heteroatoms. The first-order chi connectivity index (χ1) is 4.43. The number of aromatic nitrogens is 1. The van der Waals surface area contributed by atoms with E-state index < -0.39 is 0 Å². The molecule has 0 spiro atoms. The second-order valence-electron chi connectivity index (χ2n) is 1.57. The number of hydrogen-bond donors (Lipinski definition) is 1. The van der Waals surface area contributed by atoms with E-state index in [4.69, 9.17) is 0 Å². The van der Waals surface area contributed by atoms with Gasteiger partial charge in [-0.2, -0.15) is 12.6 Å². The van der Waals surface area contributed by atoms with Crippen molar-refractivity contribution in [1.82, 2.24) is 4.98 Å². The molecule has 0 atom stereocenters. The van der Waals surface area contributed by atoms with Crippen molar-refractivity contribution in [2.75, 3.05) is 0 Å². The highest BCUT2D eigenvalue weighted by atomic mass is 32.1. The Balaban J connectivity index is 2.85. The molecule has 0 aliphatic rings. The maximum Gasteiger partial charge on any atom is 0.0634 e. The van der Waals surface area contributed by atoms with Crippen LogP contribution < -0.4 is 0 Å². The molecule has 1 aromatic heterocycles. The predicted molar refractivity (Wildman–Crippen MR) is 42.3 cm³/mol. The van der Waals surface area contributed by atoms with Crippen LogP contribution in [0, 0.1) is 0 Å². The molecule has 0 aromatic carbocycles. The molecule has 0 aliphatic carbocycles. The lowest BCUT2D eigenvalue weighted by Crippen LogP contribution is -1.74. The second-order valence-corrected chi connectivity index (χ2v) is 1.87. The van der Waals surface area contributed by atoms with E-state index in [1.165, 1.54) is 0 Å². The van der Waals surface area contributed by atoms with Crippen LogP contribution in [-0.2, 0) is 0 Å². The molecule has 1 aromatic rings. The zero-order valence-corrected chi connectivity index (χ0v) is 5.75. The number of pyridine rings is 1. The summed E-state index contributed by atoms with van der Waals surface area (Å²) in [5.41, 5.74) is 0.938. The lowest BCUT2D eigenvalue weighted by Gasteiger charge is -1.85. The lowest BCUT2D eigenvalue weighted by atomic mass is 10.3. The molecule has 0 N–H and O–H groups in total. The molecule has 0 amide bonds. The van der Waals surface area contributed by atoms with Gasteiger partial charge in [0.15, 0.2) is 0 Å². The van der Waals surface area contributed by atoms with E-state index >= 15 is 0 Å². The summed E-state index contributed by atoms with van der Waals surface area (Å²) in [6.07, 6.45) is 3.59. The fraction of sp³-hybridized carbons (Fsp3) is 0. The highest BCUT2D eigenvalue weighted by Crippen LogP contribution is 1.95. The Morgan fingerprint density at radius 3 is 2.89 bits per heavy atom. The van der Waals surface area contributed by atoms with Crippen molar-refractivity contribution < 1.29 is 0 Å². The summed E-state index contributed by atoms with van der Waals surface area (Å²) in [5.74, 6) is 0. The molecule has 0 unspecified atom stereocenters. The van der Waals surface area contributed by atoms with Gasteiger partial charge in [0.2, 0.25) is 0 Å². The molecule has 1 heterocycles. The van der Waals surface area contributed by atoms with Crippen molar-refractivity contribution >= 4 is 18.7 Å². The van der Waals surface area contributed by atoms with Gasteiger partial charge in [0, 0.05) is 6.20 Å². The summed E-state index contributed by atoms with van der Waals surface area (Å²) in [5, 5.41) is 1.67. The fourth-order valence-electron chi connectivity index (χ4n) is 0.551. The minimum absolute atomic E-state index is 0.938. The van der Waals surface area contributed by atoms with E-state index in [1.54, 1.807) is 11.6 Å². The van der Waals surface area contributed by atoms with Crippen molar-refractivity contribution in [3.8, 4) is 0 Å². The zero-order chi connectivity index (χ0) is 6.53. The van der Waals surface area contributed by atoms with Crippen LogP contribution in [0.5, 0.6) is 0 Å². The number of hydrogen-bond acceptors (Lipinski definition) is 2. The van der Waals surface area contributed by atoms with E-state index in [1.807, 2.05) is 24.3 Å². The van der Waals surface area contributed by atoms with Gasteiger partial charge in [-0.05, 0) is 23.6 Å². The monoisotopic (exact) mass is 137 g/mol. The van der Waals surface area contributed by atoms with Crippen LogP contribution in [0.4, 0.5) is 0 Å². The zero-order valence-electron chi connectivity index (χ0n) is 4.86. The molecular formula is C7H7NS. The van der Waals surface area contributed by atoms with Crippen LogP contribution >= 0.6 is 12.6 Å². The molecule has 0 bridgehead atoms. The van der Waals surface area contributed by atoms with Gasteiger partial charge in [-0.1, -0.05) is 6.07 Å². The second kappa shape index (κ2) is 3.30. The van der Waals surface area contributed by atoms with Crippen molar-refractivity contribution in [1.29, 1.82) is 0 Å². The van der Waals surface area contributed by atoms with Crippen molar-refractivity contribution in [2.45, 2.75) is 0 Å². The smallest absolute Gasteiger partial charge is 0.0634 e. The van der Waals surface area contributed by atoms with Gasteiger partial charge in [0.25, 0.3) is 0 Å². The summed E-state index contributed by atoms with van der Waals surface area (Å²) in [6.45, 7) is 0. The maximum absolute atomic E-state index is 4.03. The standard InChI is InChI=1S/C7H7NS/c9-6-4-7-3-1-2-5-8-7/h1-6,9H/b6-4-. The topological polar surface area (TPSA) is 12.9 Å². The fourth-order valence-corrected chi connectivity index (χ4v) is 0.704. The normalized spacial score (nSPS) is 10.3. The quantitative estimate of drug-likeness (QED) is 0.584. The molecule has 0 fully saturated rings. The van der Waals surface area contributed by atoms with Gasteiger partial charge in [-0.15, -0.1) is 0 Å². The first kappa shape index (κ1) is 6.36. The molecule has 0 saturated carbocycles. The molecule has 46 valence electrons. The Bertz CT molecular complexity index is 193. The third-order valence-corrected chi connectivity index (χ3v) is 1.08.